The summed E-state index contributed by atoms with van der Waals surface area (Å²) in [5, 5.41) is 3.13. The van der Waals surface area contributed by atoms with Crippen molar-refractivity contribution in [3.8, 4) is 5.75 Å². The van der Waals surface area contributed by atoms with E-state index in [-0.39, 0.29) is 25.2 Å². The number of hydrogen-bond donors (Lipinski definition) is 1. The van der Waals surface area contributed by atoms with Crippen LogP contribution in [0.3, 0.4) is 0 Å². The number of esters is 2. The number of methoxy groups -OCH3 is 1. The van der Waals surface area contributed by atoms with E-state index in [1.807, 2.05) is 31.2 Å². The molecule has 0 unspecified atom stereocenters. The lowest BCUT2D eigenvalue weighted by atomic mass is 9.80. The average molecular weight is 335 g/mol. The molecule has 2 rings (SSSR count). The first-order valence-corrected chi connectivity index (χ1v) is 8.25. The van der Waals surface area contributed by atoms with Crippen LogP contribution in [0.5, 0.6) is 5.75 Å². The molecule has 1 aliphatic rings. The molecule has 1 aromatic carbocycles. The van der Waals surface area contributed by atoms with E-state index in [0.717, 1.165) is 11.3 Å². The number of ether oxygens (including phenoxy) is 3. The molecule has 0 bridgehead atoms. The standard InChI is InChI=1S/C18H25NO5/c1-5-23-16(20)18(17(21)24-6-2)15(11-12(3)19-18)13-7-9-14(22-4)10-8-13/h7-10,12,15,19H,5-6,11H2,1-4H3/t12-,15-/m0/s1. The van der Waals surface area contributed by atoms with Crippen molar-refractivity contribution in [2.45, 2.75) is 44.7 Å². The van der Waals surface area contributed by atoms with Gasteiger partial charge < -0.3 is 14.2 Å². The van der Waals surface area contributed by atoms with Gasteiger partial charge in [-0.05, 0) is 44.9 Å². The number of carbonyl (C=O) groups excluding carboxylic acids is 2. The predicted octanol–water partition coefficient (Wildman–Crippen LogP) is 2.03. The SMILES string of the molecule is CCOC(=O)C1(C(=O)OCC)N[C@@H](C)C[C@H]1c1ccc(OC)cc1. The second kappa shape index (κ2) is 7.66. The summed E-state index contributed by atoms with van der Waals surface area (Å²) >= 11 is 0. The molecule has 0 radical (unpaired) electrons. The van der Waals surface area contributed by atoms with Crippen LogP contribution in [0.25, 0.3) is 0 Å². The minimum absolute atomic E-state index is 0.0223. The van der Waals surface area contributed by atoms with E-state index in [0.29, 0.717) is 6.42 Å². The lowest BCUT2D eigenvalue weighted by molar-refractivity contribution is -0.166. The first kappa shape index (κ1) is 18.3. The molecular weight excluding hydrogens is 310 g/mol. The van der Waals surface area contributed by atoms with Gasteiger partial charge in [0, 0.05) is 12.0 Å². The van der Waals surface area contributed by atoms with E-state index < -0.39 is 17.5 Å². The minimum atomic E-state index is -1.51. The topological polar surface area (TPSA) is 73.9 Å². The van der Waals surface area contributed by atoms with Crippen LogP contribution in [0.15, 0.2) is 24.3 Å². The third-order valence-corrected chi connectivity index (χ3v) is 4.30. The van der Waals surface area contributed by atoms with E-state index in [9.17, 15) is 9.59 Å². The van der Waals surface area contributed by atoms with Crippen molar-refractivity contribution in [2.75, 3.05) is 20.3 Å². The molecule has 1 N–H and O–H groups in total. The van der Waals surface area contributed by atoms with Gasteiger partial charge in [0.15, 0.2) is 0 Å². The van der Waals surface area contributed by atoms with Crippen molar-refractivity contribution in [3.05, 3.63) is 29.8 Å². The van der Waals surface area contributed by atoms with Gasteiger partial charge in [0.05, 0.1) is 20.3 Å². The lowest BCUT2D eigenvalue weighted by Gasteiger charge is -2.31. The Hall–Kier alpha value is -2.08. The fourth-order valence-electron chi connectivity index (χ4n) is 3.28. The minimum Gasteiger partial charge on any atom is -0.497 e. The summed E-state index contributed by atoms with van der Waals surface area (Å²) in [5.74, 6) is -0.825. The number of hydrogen-bond acceptors (Lipinski definition) is 6. The molecule has 132 valence electrons. The highest BCUT2D eigenvalue weighted by atomic mass is 16.6. The van der Waals surface area contributed by atoms with Gasteiger partial charge in [-0.1, -0.05) is 12.1 Å². The first-order chi connectivity index (χ1) is 11.5. The van der Waals surface area contributed by atoms with E-state index in [4.69, 9.17) is 14.2 Å². The van der Waals surface area contributed by atoms with Gasteiger partial charge >= 0.3 is 11.9 Å². The van der Waals surface area contributed by atoms with Crippen LogP contribution in [0, 0.1) is 0 Å². The average Bonchev–Trinajstić information content (AvgIpc) is 2.94. The summed E-state index contributed by atoms with van der Waals surface area (Å²) in [4.78, 5) is 25.5. The molecule has 6 nitrogen and oxygen atoms in total. The zero-order chi connectivity index (χ0) is 17.7. The molecule has 0 aromatic heterocycles. The van der Waals surface area contributed by atoms with Crippen LogP contribution in [0.4, 0.5) is 0 Å². The molecule has 0 amide bonds. The van der Waals surface area contributed by atoms with Crippen LogP contribution in [0.1, 0.15) is 38.7 Å². The van der Waals surface area contributed by atoms with Crippen molar-refractivity contribution in [3.63, 3.8) is 0 Å². The van der Waals surface area contributed by atoms with Gasteiger partial charge in [0.1, 0.15) is 5.75 Å². The largest absolute Gasteiger partial charge is 0.497 e. The second-order valence-electron chi connectivity index (χ2n) is 5.86. The van der Waals surface area contributed by atoms with Gasteiger partial charge in [0.2, 0.25) is 5.54 Å². The summed E-state index contributed by atoms with van der Waals surface area (Å²) in [6, 6.07) is 7.36. The maximum Gasteiger partial charge on any atom is 0.338 e. The van der Waals surface area contributed by atoms with Crippen LogP contribution >= 0.6 is 0 Å². The van der Waals surface area contributed by atoms with Crippen molar-refractivity contribution in [1.29, 1.82) is 0 Å². The number of nitrogens with one attached hydrogen (secondary N) is 1. The van der Waals surface area contributed by atoms with Gasteiger partial charge in [-0.2, -0.15) is 0 Å². The summed E-state index contributed by atoms with van der Waals surface area (Å²) in [5.41, 5.74) is -0.645. The second-order valence-corrected chi connectivity index (χ2v) is 5.86. The summed E-state index contributed by atoms with van der Waals surface area (Å²) < 4.78 is 15.6. The zero-order valence-corrected chi connectivity index (χ0v) is 14.6. The van der Waals surface area contributed by atoms with Crippen LogP contribution < -0.4 is 10.1 Å². The molecule has 24 heavy (non-hydrogen) atoms. The smallest absolute Gasteiger partial charge is 0.338 e. The maximum atomic E-state index is 12.7. The highest BCUT2D eigenvalue weighted by Crippen LogP contribution is 2.41. The predicted molar refractivity (Wildman–Crippen MR) is 88.9 cm³/mol. The Morgan fingerprint density at radius 1 is 1.12 bits per heavy atom. The first-order valence-electron chi connectivity index (χ1n) is 8.25. The zero-order valence-electron chi connectivity index (χ0n) is 14.6. The molecular formula is C18H25NO5. The number of rotatable bonds is 6. The Labute approximate surface area is 142 Å². The fourth-order valence-corrected chi connectivity index (χ4v) is 3.28. The van der Waals surface area contributed by atoms with Crippen molar-refractivity contribution in [1.82, 2.24) is 5.32 Å². The molecule has 6 heteroatoms. The summed E-state index contributed by atoms with van der Waals surface area (Å²) in [6.07, 6.45) is 0.629. The highest BCUT2D eigenvalue weighted by Gasteiger charge is 2.60. The molecule has 1 aliphatic heterocycles. The molecule has 0 aliphatic carbocycles. The van der Waals surface area contributed by atoms with Crippen molar-refractivity contribution >= 4 is 11.9 Å². The monoisotopic (exact) mass is 335 g/mol. The third kappa shape index (κ3) is 3.24. The summed E-state index contributed by atoms with van der Waals surface area (Å²) in [6.45, 7) is 5.78. The quantitative estimate of drug-likeness (QED) is 0.633. The molecule has 0 saturated carbocycles. The van der Waals surface area contributed by atoms with Gasteiger partial charge in [-0.15, -0.1) is 0 Å². The van der Waals surface area contributed by atoms with Crippen molar-refractivity contribution in [2.24, 2.45) is 0 Å². The van der Waals surface area contributed by atoms with E-state index in [1.165, 1.54) is 0 Å². The molecule has 1 fully saturated rings. The normalized spacial score (nSPS) is 22.0. The Morgan fingerprint density at radius 2 is 1.67 bits per heavy atom. The van der Waals surface area contributed by atoms with Gasteiger partial charge in [0.25, 0.3) is 0 Å². The Kier molecular flexibility index (Phi) is 5.83. The molecule has 1 aromatic rings. The number of benzene rings is 1. The van der Waals surface area contributed by atoms with Crippen LogP contribution in [-0.2, 0) is 19.1 Å². The van der Waals surface area contributed by atoms with E-state index >= 15 is 0 Å². The molecule has 0 spiro atoms. The Balaban J connectivity index is 2.47. The Bertz CT molecular complexity index is 566. The van der Waals surface area contributed by atoms with Crippen molar-refractivity contribution < 1.29 is 23.8 Å². The van der Waals surface area contributed by atoms with Gasteiger partial charge in [-0.3, -0.25) is 5.32 Å². The third-order valence-electron chi connectivity index (χ3n) is 4.30. The maximum absolute atomic E-state index is 12.7. The summed E-state index contributed by atoms with van der Waals surface area (Å²) in [7, 11) is 1.59. The lowest BCUT2D eigenvalue weighted by Crippen LogP contribution is -2.60. The van der Waals surface area contributed by atoms with E-state index in [1.54, 1.807) is 21.0 Å². The van der Waals surface area contributed by atoms with Gasteiger partial charge in [-0.25, -0.2) is 9.59 Å². The molecule has 1 heterocycles. The number of carbonyl (C=O) groups is 2. The molecule has 1 saturated heterocycles. The Morgan fingerprint density at radius 3 is 2.12 bits per heavy atom. The molecule has 2 atom stereocenters. The fraction of sp³-hybridized carbons (Fsp3) is 0.556. The highest BCUT2D eigenvalue weighted by molar-refractivity contribution is 6.06. The van der Waals surface area contributed by atoms with Crippen LogP contribution in [0.2, 0.25) is 0 Å². The van der Waals surface area contributed by atoms with E-state index in [2.05, 4.69) is 5.32 Å². The van der Waals surface area contributed by atoms with Crippen LogP contribution in [-0.4, -0.2) is 43.8 Å².